The summed E-state index contributed by atoms with van der Waals surface area (Å²) in [5, 5.41) is 7.62. The lowest BCUT2D eigenvalue weighted by Gasteiger charge is -2.32. The van der Waals surface area contributed by atoms with Crippen LogP contribution < -0.4 is 5.32 Å². The zero-order valence-corrected chi connectivity index (χ0v) is 18.3. The molecule has 2 aromatic carbocycles. The molecule has 0 spiro atoms. The number of para-hydroxylation sites is 1. The number of carbonyl (C=O) groups excluding carboxylic acids is 2. The molecule has 1 atom stereocenters. The number of fused-ring (bicyclic) bond motifs is 1. The smallest absolute Gasteiger partial charge is 0.259 e. The molecule has 0 aliphatic carbocycles. The van der Waals surface area contributed by atoms with Crippen molar-refractivity contribution in [2.75, 3.05) is 18.4 Å². The van der Waals surface area contributed by atoms with E-state index in [0.29, 0.717) is 41.1 Å². The van der Waals surface area contributed by atoms with Gasteiger partial charge in [0.15, 0.2) is 0 Å². The molecule has 1 aliphatic heterocycles. The number of nitrogens with zero attached hydrogens (tertiary/aromatic N) is 3. The monoisotopic (exact) mass is 440 g/mol. The molecule has 2 amide bonds. The summed E-state index contributed by atoms with van der Waals surface area (Å²) in [4.78, 5) is 32.9. The van der Waals surface area contributed by atoms with Crippen molar-refractivity contribution < 1.29 is 14.1 Å². The number of carbonyl (C=O) groups is 2. The van der Waals surface area contributed by atoms with Crippen molar-refractivity contribution in [3.8, 4) is 11.3 Å². The molecule has 1 saturated heterocycles. The third-order valence-electron chi connectivity index (χ3n) is 6.04. The minimum atomic E-state index is -0.266. The molecule has 33 heavy (non-hydrogen) atoms. The van der Waals surface area contributed by atoms with Gasteiger partial charge < -0.3 is 14.7 Å². The van der Waals surface area contributed by atoms with E-state index in [-0.39, 0.29) is 17.7 Å². The molecule has 1 aliphatic rings. The second-order valence-electron chi connectivity index (χ2n) is 8.31. The van der Waals surface area contributed by atoms with E-state index in [4.69, 9.17) is 4.52 Å². The van der Waals surface area contributed by atoms with Gasteiger partial charge in [0.2, 0.25) is 5.91 Å². The van der Waals surface area contributed by atoms with Gasteiger partial charge in [-0.3, -0.25) is 9.59 Å². The summed E-state index contributed by atoms with van der Waals surface area (Å²) >= 11 is 0. The van der Waals surface area contributed by atoms with Crippen LogP contribution in [0.1, 0.15) is 28.9 Å². The summed E-state index contributed by atoms with van der Waals surface area (Å²) in [7, 11) is 0. The molecule has 0 bridgehead atoms. The zero-order chi connectivity index (χ0) is 22.8. The molecule has 166 valence electrons. The molecular weight excluding hydrogens is 416 g/mol. The first-order valence-corrected chi connectivity index (χ1v) is 11.1. The summed E-state index contributed by atoms with van der Waals surface area (Å²) in [5.41, 5.74) is 3.76. The van der Waals surface area contributed by atoms with Crippen LogP contribution in [0.25, 0.3) is 22.4 Å². The molecule has 0 saturated carbocycles. The first-order valence-electron chi connectivity index (χ1n) is 11.1. The molecule has 7 heteroatoms. The van der Waals surface area contributed by atoms with Crippen LogP contribution in [-0.2, 0) is 4.79 Å². The first kappa shape index (κ1) is 20.9. The molecule has 1 fully saturated rings. The van der Waals surface area contributed by atoms with Gasteiger partial charge in [-0.1, -0.05) is 53.7 Å². The number of hydrogen-bond acceptors (Lipinski definition) is 5. The fourth-order valence-electron chi connectivity index (χ4n) is 4.33. The van der Waals surface area contributed by atoms with Gasteiger partial charge in [-0.25, -0.2) is 4.98 Å². The molecule has 0 radical (unpaired) electrons. The Bertz CT molecular complexity index is 1300. The highest BCUT2D eigenvalue weighted by Crippen LogP contribution is 2.29. The lowest BCUT2D eigenvalue weighted by molar-refractivity contribution is -0.121. The van der Waals surface area contributed by atoms with Gasteiger partial charge in [-0.2, -0.15) is 0 Å². The summed E-state index contributed by atoms with van der Waals surface area (Å²) < 4.78 is 5.42. The molecule has 4 aromatic rings. The van der Waals surface area contributed by atoms with Gasteiger partial charge in [0.05, 0.1) is 28.3 Å². The topological polar surface area (TPSA) is 88.3 Å². The van der Waals surface area contributed by atoms with E-state index in [9.17, 15) is 9.59 Å². The molecule has 2 aromatic heterocycles. The quantitative estimate of drug-likeness (QED) is 0.497. The van der Waals surface area contributed by atoms with Gasteiger partial charge >= 0.3 is 0 Å². The van der Waals surface area contributed by atoms with Crippen LogP contribution in [0.4, 0.5) is 5.69 Å². The van der Waals surface area contributed by atoms with Crippen molar-refractivity contribution in [2.45, 2.75) is 19.8 Å². The van der Waals surface area contributed by atoms with Crippen molar-refractivity contribution in [3.05, 3.63) is 78.0 Å². The highest BCUT2D eigenvalue weighted by Gasteiger charge is 2.31. The molecule has 7 nitrogen and oxygen atoms in total. The van der Waals surface area contributed by atoms with E-state index in [1.54, 1.807) is 17.9 Å². The largest absolute Gasteiger partial charge is 0.338 e. The maximum absolute atomic E-state index is 13.7. The summed E-state index contributed by atoms with van der Waals surface area (Å²) in [5.74, 6) is -0.467. The highest BCUT2D eigenvalue weighted by molar-refractivity contribution is 6.07. The van der Waals surface area contributed by atoms with Gasteiger partial charge in [-0.15, -0.1) is 0 Å². The fraction of sp³-hybridized carbons (Fsp3) is 0.231. The number of pyridine rings is 1. The minimum Gasteiger partial charge on any atom is -0.338 e. The summed E-state index contributed by atoms with van der Waals surface area (Å²) in [6.07, 6.45) is 1.51. The predicted octanol–water partition coefficient (Wildman–Crippen LogP) is 4.69. The summed E-state index contributed by atoms with van der Waals surface area (Å²) in [6.45, 7) is 2.77. The van der Waals surface area contributed by atoms with Crippen LogP contribution >= 0.6 is 0 Å². The maximum atomic E-state index is 13.7. The molecule has 0 unspecified atom stereocenters. The van der Waals surface area contributed by atoms with E-state index >= 15 is 0 Å². The third-order valence-corrected chi connectivity index (χ3v) is 6.04. The highest BCUT2D eigenvalue weighted by atomic mass is 16.5. The Morgan fingerprint density at radius 1 is 1.06 bits per heavy atom. The Morgan fingerprint density at radius 2 is 1.79 bits per heavy atom. The lowest BCUT2D eigenvalue weighted by Crippen LogP contribution is -2.43. The number of likely N-dealkylation sites (tertiary alicyclic amines) is 1. The minimum absolute atomic E-state index is 0.0651. The van der Waals surface area contributed by atoms with Crippen LogP contribution in [0.15, 0.2) is 71.3 Å². The Kier molecular flexibility index (Phi) is 5.60. The second kappa shape index (κ2) is 8.86. The Morgan fingerprint density at radius 3 is 2.55 bits per heavy atom. The van der Waals surface area contributed by atoms with Crippen molar-refractivity contribution in [2.24, 2.45) is 5.92 Å². The molecular formula is C26H24N4O3. The first-order chi connectivity index (χ1) is 16.1. The zero-order valence-electron chi connectivity index (χ0n) is 18.3. The predicted molar refractivity (Wildman–Crippen MR) is 126 cm³/mol. The van der Waals surface area contributed by atoms with Crippen LogP contribution in [0.5, 0.6) is 0 Å². The second-order valence-corrected chi connectivity index (χ2v) is 8.31. The third kappa shape index (κ3) is 4.22. The van der Waals surface area contributed by atoms with Gasteiger partial charge in [0.1, 0.15) is 0 Å². The van der Waals surface area contributed by atoms with Crippen molar-refractivity contribution in [3.63, 3.8) is 0 Å². The Labute approximate surface area is 191 Å². The average Bonchev–Trinajstić information content (AvgIpc) is 3.25. The number of anilines is 1. The van der Waals surface area contributed by atoms with Gasteiger partial charge in [0, 0.05) is 24.3 Å². The fourth-order valence-corrected chi connectivity index (χ4v) is 4.33. The normalized spacial score (nSPS) is 16.0. The summed E-state index contributed by atoms with van der Waals surface area (Å²) in [6, 6.07) is 20.9. The number of rotatable bonds is 4. The van der Waals surface area contributed by atoms with E-state index < -0.39 is 0 Å². The van der Waals surface area contributed by atoms with Crippen LogP contribution in [0.3, 0.4) is 0 Å². The van der Waals surface area contributed by atoms with E-state index in [0.717, 1.165) is 24.1 Å². The van der Waals surface area contributed by atoms with Gasteiger partial charge in [0.25, 0.3) is 11.6 Å². The molecule has 5 rings (SSSR count). The number of benzene rings is 2. The van der Waals surface area contributed by atoms with Crippen molar-refractivity contribution in [1.29, 1.82) is 0 Å². The molecule has 1 N–H and O–H groups in total. The number of amides is 2. The van der Waals surface area contributed by atoms with Crippen molar-refractivity contribution in [1.82, 2.24) is 15.0 Å². The number of nitrogens with one attached hydrogen (secondary N) is 1. The maximum Gasteiger partial charge on any atom is 0.259 e. The number of aryl methyl sites for hydroxylation is 1. The Hall–Kier alpha value is -4.00. The standard InChI is InChI=1S/C26H24N4O3/c1-17-23-21(15-22(28-25(23)33-29-17)18-9-4-2-5-10-18)26(32)30-14-8-11-19(16-30)24(31)27-20-12-6-3-7-13-20/h2-7,9-10,12-13,15,19H,8,11,14,16H2,1H3,(H,27,31)/t19-/m0/s1. The van der Waals surface area contributed by atoms with Gasteiger partial charge in [-0.05, 0) is 38.0 Å². The number of piperidine rings is 1. The number of aromatic nitrogens is 2. The van der Waals surface area contributed by atoms with E-state index in [2.05, 4.69) is 15.5 Å². The van der Waals surface area contributed by atoms with Crippen LogP contribution in [0, 0.1) is 12.8 Å². The van der Waals surface area contributed by atoms with Crippen LogP contribution in [0.2, 0.25) is 0 Å². The van der Waals surface area contributed by atoms with E-state index in [1.165, 1.54) is 0 Å². The SMILES string of the molecule is Cc1noc2nc(-c3ccccc3)cc(C(=O)N3CCC[C@H](C(=O)Nc4ccccc4)C3)c12. The average molecular weight is 441 g/mol. The van der Waals surface area contributed by atoms with Crippen molar-refractivity contribution >= 4 is 28.6 Å². The molecule has 3 heterocycles. The lowest BCUT2D eigenvalue weighted by atomic mass is 9.95. The van der Waals surface area contributed by atoms with E-state index in [1.807, 2.05) is 60.7 Å². The number of hydrogen-bond donors (Lipinski definition) is 1. The Balaban J connectivity index is 1.43. The van der Waals surface area contributed by atoms with Crippen LogP contribution in [-0.4, -0.2) is 39.9 Å².